The lowest BCUT2D eigenvalue weighted by Crippen LogP contribution is -2.30. The smallest absolute Gasteiger partial charge is 0.186 e. The molecule has 0 amide bonds. The van der Waals surface area contributed by atoms with Gasteiger partial charge in [-0.1, -0.05) is 26.7 Å². The topological polar surface area (TPSA) is 9.23 Å². The lowest BCUT2D eigenvalue weighted by molar-refractivity contribution is 0.298. The van der Waals surface area contributed by atoms with Crippen molar-refractivity contribution in [3.8, 4) is 0 Å². The number of rotatable bonds is 6. The van der Waals surface area contributed by atoms with E-state index in [-0.39, 0.29) is 0 Å². The molecule has 0 aromatic carbocycles. The van der Waals surface area contributed by atoms with Crippen LogP contribution in [0.15, 0.2) is 0 Å². The summed E-state index contributed by atoms with van der Waals surface area (Å²) in [5.41, 5.74) is 0. The Morgan fingerprint density at radius 1 is 1.36 bits per heavy atom. The third kappa shape index (κ3) is 6.57. The van der Waals surface area contributed by atoms with Gasteiger partial charge in [0.05, 0.1) is 0 Å². The molecule has 0 spiro atoms. The van der Waals surface area contributed by atoms with Gasteiger partial charge in [-0.2, -0.15) is 0 Å². The minimum Gasteiger partial charge on any atom is -0.417 e. The fourth-order valence-electron chi connectivity index (χ4n) is 0.991. The zero-order chi connectivity index (χ0) is 8.74. The van der Waals surface area contributed by atoms with E-state index in [9.17, 15) is 0 Å². The highest BCUT2D eigenvalue weighted by atomic mass is 28.4. The van der Waals surface area contributed by atoms with Crippen LogP contribution >= 0.6 is 0 Å². The first-order chi connectivity index (χ1) is 5.12. The average Bonchev–Trinajstić information content (AvgIpc) is 1.87. The van der Waals surface area contributed by atoms with Crippen LogP contribution in [-0.4, -0.2) is 14.9 Å². The van der Waals surface area contributed by atoms with Crippen molar-refractivity contribution in [2.75, 3.05) is 6.61 Å². The number of hydrogen-bond donors (Lipinski definition) is 0. The average molecular weight is 173 g/mol. The summed E-state index contributed by atoms with van der Waals surface area (Å²) in [4.78, 5) is 0. The van der Waals surface area contributed by atoms with Gasteiger partial charge in [-0.25, -0.2) is 0 Å². The second-order valence-electron chi connectivity index (χ2n) is 3.57. The molecule has 2 heteroatoms. The highest BCUT2D eigenvalue weighted by molar-refractivity contribution is 6.71. The van der Waals surface area contributed by atoms with E-state index in [2.05, 4.69) is 26.9 Å². The first-order valence-electron chi connectivity index (χ1n) is 4.55. The summed E-state index contributed by atoms with van der Waals surface area (Å²) >= 11 is 0. The van der Waals surface area contributed by atoms with Crippen LogP contribution in [0.2, 0.25) is 19.1 Å². The van der Waals surface area contributed by atoms with Crippen molar-refractivity contribution >= 4 is 8.32 Å². The Labute approximate surface area is 72.3 Å². The monoisotopic (exact) mass is 173 g/mol. The molecule has 1 radical (unpaired) electrons. The van der Waals surface area contributed by atoms with Crippen LogP contribution in [0.4, 0.5) is 0 Å². The number of hydrogen-bond acceptors (Lipinski definition) is 1. The summed E-state index contributed by atoms with van der Waals surface area (Å²) in [5, 5.41) is 0. The highest BCUT2D eigenvalue weighted by Gasteiger charge is 2.19. The summed E-state index contributed by atoms with van der Waals surface area (Å²) in [6.45, 7) is 11.5. The SMILES string of the molecule is [CH2]CC[Si](C)(C)OCCCC. The van der Waals surface area contributed by atoms with E-state index in [0.29, 0.717) is 0 Å². The molecule has 0 fully saturated rings. The molecule has 0 rings (SSSR count). The second-order valence-corrected chi connectivity index (χ2v) is 7.87. The molecule has 0 aliphatic carbocycles. The molecule has 0 aliphatic rings. The third-order valence-corrected chi connectivity index (χ3v) is 4.31. The van der Waals surface area contributed by atoms with Gasteiger partial charge in [0, 0.05) is 6.61 Å². The molecule has 0 atom stereocenters. The third-order valence-electron chi connectivity index (χ3n) is 1.77. The van der Waals surface area contributed by atoms with E-state index < -0.39 is 8.32 Å². The molecule has 0 unspecified atom stereocenters. The maximum absolute atomic E-state index is 5.81. The quantitative estimate of drug-likeness (QED) is 0.442. The first-order valence-corrected chi connectivity index (χ1v) is 7.67. The van der Waals surface area contributed by atoms with Crippen LogP contribution in [0.25, 0.3) is 0 Å². The minimum atomic E-state index is -1.30. The molecule has 0 aromatic rings. The van der Waals surface area contributed by atoms with Gasteiger partial charge in [-0.15, -0.1) is 0 Å². The molecule has 0 bridgehead atoms. The van der Waals surface area contributed by atoms with Crippen molar-refractivity contribution in [2.45, 2.75) is 45.3 Å². The molecule has 0 aromatic heterocycles. The van der Waals surface area contributed by atoms with Gasteiger partial charge >= 0.3 is 0 Å². The number of unbranched alkanes of at least 4 members (excludes halogenated alkanes) is 1. The van der Waals surface area contributed by atoms with Crippen molar-refractivity contribution < 1.29 is 4.43 Å². The van der Waals surface area contributed by atoms with Crippen LogP contribution in [0.1, 0.15) is 26.2 Å². The van der Waals surface area contributed by atoms with Crippen LogP contribution < -0.4 is 0 Å². The Bertz CT molecular complexity index is 91.6. The van der Waals surface area contributed by atoms with Crippen molar-refractivity contribution in [3.63, 3.8) is 0 Å². The minimum absolute atomic E-state index is 0.954. The summed E-state index contributed by atoms with van der Waals surface area (Å²) < 4.78 is 5.81. The zero-order valence-electron chi connectivity index (χ0n) is 8.15. The molecule has 11 heavy (non-hydrogen) atoms. The van der Waals surface area contributed by atoms with Gasteiger partial charge in [-0.05, 0) is 25.6 Å². The Morgan fingerprint density at radius 2 is 2.00 bits per heavy atom. The van der Waals surface area contributed by atoms with Gasteiger partial charge in [0.15, 0.2) is 8.32 Å². The maximum atomic E-state index is 5.81. The standard InChI is InChI=1S/C9H21OSi/c1-5-7-8-10-11(3,4)9-6-2/h2,5-9H2,1,3-4H3. The molecule has 1 nitrogen and oxygen atoms in total. The summed E-state index contributed by atoms with van der Waals surface area (Å²) in [7, 11) is -1.30. The lowest BCUT2D eigenvalue weighted by Gasteiger charge is -2.21. The molecule has 0 saturated heterocycles. The van der Waals surface area contributed by atoms with Crippen LogP contribution in [0.5, 0.6) is 0 Å². The Morgan fingerprint density at radius 3 is 2.45 bits per heavy atom. The predicted octanol–water partition coefficient (Wildman–Crippen LogP) is 3.23. The van der Waals surface area contributed by atoms with E-state index >= 15 is 0 Å². The first kappa shape index (κ1) is 11.2. The van der Waals surface area contributed by atoms with Gasteiger partial charge in [0.2, 0.25) is 0 Å². The largest absolute Gasteiger partial charge is 0.417 e. The fraction of sp³-hybridized carbons (Fsp3) is 0.889. The Balaban J connectivity index is 3.38. The van der Waals surface area contributed by atoms with Crippen LogP contribution in [0.3, 0.4) is 0 Å². The summed E-state index contributed by atoms with van der Waals surface area (Å²) in [6.07, 6.45) is 3.45. The molecule has 0 aliphatic heterocycles. The van der Waals surface area contributed by atoms with Gasteiger partial charge in [-0.3, -0.25) is 0 Å². The predicted molar refractivity (Wildman–Crippen MR) is 53.1 cm³/mol. The zero-order valence-corrected chi connectivity index (χ0v) is 9.15. The Kier molecular flexibility index (Phi) is 5.87. The summed E-state index contributed by atoms with van der Waals surface area (Å²) in [5.74, 6) is 0. The molecular formula is C9H21OSi. The van der Waals surface area contributed by atoms with E-state index in [0.717, 1.165) is 13.0 Å². The molecule has 0 N–H and O–H groups in total. The second kappa shape index (κ2) is 5.78. The van der Waals surface area contributed by atoms with E-state index in [1.54, 1.807) is 0 Å². The van der Waals surface area contributed by atoms with Crippen LogP contribution in [0, 0.1) is 6.92 Å². The van der Waals surface area contributed by atoms with Crippen molar-refractivity contribution in [2.24, 2.45) is 0 Å². The van der Waals surface area contributed by atoms with Crippen LogP contribution in [-0.2, 0) is 4.43 Å². The van der Waals surface area contributed by atoms with Crippen molar-refractivity contribution in [3.05, 3.63) is 6.92 Å². The normalized spacial score (nSPS) is 12.0. The van der Waals surface area contributed by atoms with E-state index in [1.165, 1.54) is 18.9 Å². The van der Waals surface area contributed by atoms with Crippen molar-refractivity contribution in [1.82, 2.24) is 0 Å². The van der Waals surface area contributed by atoms with Crippen molar-refractivity contribution in [1.29, 1.82) is 0 Å². The van der Waals surface area contributed by atoms with Gasteiger partial charge in [0.1, 0.15) is 0 Å². The molecule has 0 heterocycles. The fourth-order valence-corrected chi connectivity index (χ4v) is 2.68. The lowest BCUT2D eigenvalue weighted by atomic mass is 10.4. The Hall–Kier alpha value is 0.177. The van der Waals surface area contributed by atoms with E-state index in [4.69, 9.17) is 4.43 Å². The summed E-state index contributed by atoms with van der Waals surface area (Å²) in [6, 6.07) is 1.19. The molecule has 67 valence electrons. The molecular weight excluding hydrogens is 152 g/mol. The van der Waals surface area contributed by atoms with Gasteiger partial charge in [0.25, 0.3) is 0 Å². The maximum Gasteiger partial charge on any atom is 0.186 e. The molecule has 0 saturated carbocycles. The van der Waals surface area contributed by atoms with E-state index in [1.807, 2.05) is 0 Å². The van der Waals surface area contributed by atoms with Gasteiger partial charge < -0.3 is 4.43 Å². The highest BCUT2D eigenvalue weighted by Crippen LogP contribution is 2.13.